The molecule has 1 aromatic heterocycles. The second kappa shape index (κ2) is 9.35. The highest BCUT2D eigenvalue weighted by molar-refractivity contribution is 7.72. The van der Waals surface area contributed by atoms with Crippen LogP contribution >= 0.6 is 47.9 Å². The van der Waals surface area contributed by atoms with E-state index in [-0.39, 0.29) is 4.77 Å². The number of hydrogen-bond acceptors (Lipinski definition) is 11. The maximum Gasteiger partial charge on any atom is 0.490 e. The lowest BCUT2D eigenvalue weighted by atomic mass is 10.1. The Hall–Kier alpha value is -0.190. The number of H-pyrrole nitrogens is 1. The van der Waals surface area contributed by atoms with Crippen LogP contribution in [0.2, 0.25) is 0 Å². The fraction of sp³-hybridized carbons (Fsp3) is 0.600. The van der Waals surface area contributed by atoms with Crippen molar-refractivity contribution in [1.29, 1.82) is 0 Å². The van der Waals surface area contributed by atoms with Gasteiger partial charge in [0.15, 0.2) is 11.0 Å². The quantitative estimate of drug-likeness (QED) is 0.180. The van der Waals surface area contributed by atoms with Gasteiger partial charge in [-0.25, -0.2) is 13.7 Å². The molecule has 1 saturated heterocycles. The molecule has 2 heterocycles. The van der Waals surface area contributed by atoms with Crippen molar-refractivity contribution >= 4 is 47.9 Å². The SMILES string of the molecule is Cc1cn([C@H]2O[C@@H](COP(=O)(O)OP(=O)(O)OP(=O)(O)O)[C@@H](O)C2O)c(=S)[nH]c1=S. The van der Waals surface area contributed by atoms with Crippen LogP contribution in [0.4, 0.5) is 0 Å². The second-order valence-electron chi connectivity index (χ2n) is 5.91. The zero-order valence-corrected chi connectivity index (χ0v) is 19.1. The van der Waals surface area contributed by atoms with E-state index >= 15 is 0 Å². The van der Waals surface area contributed by atoms with E-state index in [1.165, 1.54) is 10.8 Å². The van der Waals surface area contributed by atoms with Crippen LogP contribution in [0.15, 0.2) is 6.20 Å². The highest BCUT2D eigenvalue weighted by atomic mass is 32.1. The summed E-state index contributed by atoms with van der Waals surface area (Å²) in [5, 5.41) is 20.3. The molecule has 1 fully saturated rings. The number of aliphatic hydroxyl groups excluding tert-OH is 2. The van der Waals surface area contributed by atoms with Crippen LogP contribution in [0.3, 0.4) is 0 Å². The highest BCUT2D eigenvalue weighted by Gasteiger charge is 2.46. The van der Waals surface area contributed by atoms with Crippen LogP contribution in [0.1, 0.15) is 11.8 Å². The lowest BCUT2D eigenvalue weighted by molar-refractivity contribution is -0.0533. The molecule has 7 N–H and O–H groups in total. The van der Waals surface area contributed by atoms with Gasteiger partial charge in [0.2, 0.25) is 0 Å². The lowest BCUT2D eigenvalue weighted by Crippen LogP contribution is -2.33. The summed E-state index contributed by atoms with van der Waals surface area (Å²) in [5.74, 6) is 0. The van der Waals surface area contributed by atoms with Crippen LogP contribution in [-0.2, 0) is 31.6 Å². The van der Waals surface area contributed by atoms with Gasteiger partial charge >= 0.3 is 23.5 Å². The van der Waals surface area contributed by atoms with Crippen LogP contribution in [-0.4, -0.2) is 64.3 Å². The molecule has 0 aliphatic carbocycles. The van der Waals surface area contributed by atoms with Crippen LogP contribution < -0.4 is 0 Å². The summed E-state index contributed by atoms with van der Waals surface area (Å²) in [4.78, 5) is 38.2. The molecule has 1 aliphatic heterocycles. The molecule has 0 bridgehead atoms. The number of rotatable bonds is 8. The number of aromatic nitrogens is 2. The molecule has 0 amide bonds. The maximum atomic E-state index is 11.8. The van der Waals surface area contributed by atoms with Crippen molar-refractivity contribution in [1.82, 2.24) is 9.55 Å². The number of nitrogens with zero attached hydrogens (tertiary/aromatic N) is 1. The number of aliphatic hydroxyl groups is 2. The molecule has 20 heteroatoms. The van der Waals surface area contributed by atoms with E-state index < -0.39 is 54.6 Å². The Bertz CT molecular complexity index is 1050. The number of ether oxygens (including phenoxy) is 1. The predicted molar refractivity (Wildman–Crippen MR) is 101 cm³/mol. The van der Waals surface area contributed by atoms with E-state index in [0.717, 1.165) is 0 Å². The number of phosphoric ester groups is 1. The number of aryl methyl sites for hydroxylation is 1. The third kappa shape index (κ3) is 6.90. The number of aromatic amines is 1. The standard InChI is InChI=1S/C10H17N2O13P3S2/c1-4-2-12(10(30)11-8(4)29)9-7(14)6(13)5(23-9)3-22-27(18,19)25-28(20,21)24-26(15,16)17/h2,5-7,9,13-14H,3H2,1H3,(H,18,19)(H,20,21)(H,11,29,30)(H2,15,16,17)/t5-,6+,7?,9-/m0/s1. The zero-order valence-electron chi connectivity index (χ0n) is 14.7. The second-order valence-corrected chi connectivity index (χ2v) is 11.1. The number of phosphoric acid groups is 3. The summed E-state index contributed by atoms with van der Waals surface area (Å²) in [6, 6.07) is 0. The van der Waals surface area contributed by atoms with Crippen molar-refractivity contribution in [3.63, 3.8) is 0 Å². The summed E-state index contributed by atoms with van der Waals surface area (Å²) < 4.78 is 52.2. The van der Waals surface area contributed by atoms with E-state index in [9.17, 15) is 28.8 Å². The molecule has 0 aromatic carbocycles. The normalized spacial score (nSPS) is 28.8. The molecule has 1 aliphatic rings. The Morgan fingerprint density at radius 3 is 2.27 bits per heavy atom. The fourth-order valence-electron chi connectivity index (χ4n) is 2.34. The Morgan fingerprint density at radius 1 is 1.10 bits per heavy atom. The van der Waals surface area contributed by atoms with E-state index in [2.05, 4.69) is 18.1 Å². The first-order chi connectivity index (χ1) is 13.5. The fourth-order valence-corrected chi connectivity index (χ4v) is 5.85. The van der Waals surface area contributed by atoms with Gasteiger partial charge in [-0.3, -0.25) is 9.09 Å². The minimum atomic E-state index is -5.69. The summed E-state index contributed by atoms with van der Waals surface area (Å²) in [7, 11) is -16.6. The van der Waals surface area contributed by atoms with Crippen molar-refractivity contribution < 1.29 is 61.4 Å². The minimum absolute atomic E-state index is 0.0513. The Kier molecular flexibility index (Phi) is 8.13. The van der Waals surface area contributed by atoms with Gasteiger partial charge in [-0.2, -0.15) is 8.62 Å². The topological polar surface area (TPSA) is 230 Å². The number of nitrogens with one attached hydrogen (secondary N) is 1. The monoisotopic (exact) mass is 530 g/mol. The van der Waals surface area contributed by atoms with Gasteiger partial charge in [-0.05, 0) is 19.1 Å². The van der Waals surface area contributed by atoms with Crippen LogP contribution in [0, 0.1) is 16.3 Å². The first-order valence-corrected chi connectivity index (χ1v) is 13.0. The smallest absolute Gasteiger partial charge is 0.387 e. The lowest BCUT2D eigenvalue weighted by Gasteiger charge is -2.19. The number of hydrogen-bond donors (Lipinski definition) is 7. The van der Waals surface area contributed by atoms with Gasteiger partial charge in [0.05, 0.1) is 6.61 Å². The molecule has 2 rings (SSSR count). The third-order valence-corrected chi connectivity index (χ3v) is 8.11. The third-order valence-electron chi connectivity index (χ3n) is 3.58. The minimum Gasteiger partial charge on any atom is -0.387 e. The predicted octanol–water partition coefficient (Wildman–Crippen LogP) is 0.546. The van der Waals surface area contributed by atoms with Crippen molar-refractivity contribution in [3.05, 3.63) is 21.2 Å². The maximum absolute atomic E-state index is 11.8. The van der Waals surface area contributed by atoms with Crippen LogP contribution in [0.25, 0.3) is 0 Å². The van der Waals surface area contributed by atoms with Gasteiger partial charge in [0.25, 0.3) is 0 Å². The first kappa shape index (κ1) is 26.1. The molecule has 172 valence electrons. The Labute approximate surface area is 178 Å². The molecule has 0 spiro atoms. The molecule has 0 radical (unpaired) electrons. The molecular weight excluding hydrogens is 513 g/mol. The van der Waals surface area contributed by atoms with Gasteiger partial charge < -0.3 is 39.5 Å². The van der Waals surface area contributed by atoms with Crippen molar-refractivity contribution in [2.24, 2.45) is 0 Å². The molecule has 6 atom stereocenters. The zero-order chi connectivity index (χ0) is 23.1. The summed E-state index contributed by atoms with van der Waals surface area (Å²) in [6.07, 6.45) is -4.43. The van der Waals surface area contributed by atoms with Crippen molar-refractivity contribution in [2.75, 3.05) is 6.61 Å². The highest BCUT2D eigenvalue weighted by Crippen LogP contribution is 2.66. The summed E-state index contributed by atoms with van der Waals surface area (Å²) in [6.45, 7) is 0.711. The largest absolute Gasteiger partial charge is 0.490 e. The molecule has 0 saturated carbocycles. The van der Waals surface area contributed by atoms with E-state index in [0.29, 0.717) is 10.2 Å². The van der Waals surface area contributed by atoms with Gasteiger partial charge in [0.1, 0.15) is 23.0 Å². The van der Waals surface area contributed by atoms with Crippen molar-refractivity contribution in [3.8, 4) is 0 Å². The summed E-state index contributed by atoms with van der Waals surface area (Å²) >= 11 is 10.1. The van der Waals surface area contributed by atoms with Crippen molar-refractivity contribution in [2.45, 2.75) is 31.5 Å². The molecule has 15 nitrogen and oxygen atoms in total. The van der Waals surface area contributed by atoms with Gasteiger partial charge in [-0.15, -0.1) is 0 Å². The molecule has 3 unspecified atom stereocenters. The summed E-state index contributed by atoms with van der Waals surface area (Å²) in [5.41, 5.74) is 0.570. The molecule has 1 aromatic rings. The molecule has 30 heavy (non-hydrogen) atoms. The van der Waals surface area contributed by atoms with E-state index in [1.807, 2.05) is 0 Å². The Morgan fingerprint density at radius 2 is 1.70 bits per heavy atom. The van der Waals surface area contributed by atoms with E-state index in [4.69, 9.17) is 43.9 Å². The van der Waals surface area contributed by atoms with Gasteiger partial charge in [-0.1, -0.05) is 12.2 Å². The Balaban J connectivity index is 2.09. The first-order valence-electron chi connectivity index (χ1n) is 7.63. The average Bonchev–Trinajstić information content (AvgIpc) is 2.81. The molecular formula is C10H17N2O13P3S2. The van der Waals surface area contributed by atoms with E-state index in [1.54, 1.807) is 6.92 Å². The average molecular weight is 530 g/mol. The van der Waals surface area contributed by atoms with Gasteiger partial charge in [0, 0.05) is 11.8 Å². The van der Waals surface area contributed by atoms with Crippen LogP contribution in [0.5, 0.6) is 0 Å².